The average molecular weight is 390 g/mol. The summed E-state index contributed by atoms with van der Waals surface area (Å²) < 4.78 is 39.7. The van der Waals surface area contributed by atoms with Gasteiger partial charge in [0.2, 0.25) is 0 Å². The number of carbonyl (C=O) groups excluding carboxylic acids is 1. The van der Waals surface area contributed by atoms with Gasteiger partial charge in [-0.05, 0) is 37.4 Å². The molecule has 0 N–H and O–H groups in total. The summed E-state index contributed by atoms with van der Waals surface area (Å²) in [6.07, 6.45) is -2.21. The Morgan fingerprint density at radius 2 is 1.64 bits per heavy atom. The molecule has 0 bridgehead atoms. The number of pyridine rings is 1. The van der Waals surface area contributed by atoms with E-state index < -0.39 is 11.9 Å². The van der Waals surface area contributed by atoms with Gasteiger partial charge >= 0.3 is 6.18 Å². The first kappa shape index (κ1) is 19.9. The van der Waals surface area contributed by atoms with Crippen LogP contribution in [0.25, 0.3) is 5.65 Å². The molecular formula is C20H21F3N4O. The fourth-order valence-corrected chi connectivity index (χ4v) is 2.93. The van der Waals surface area contributed by atoms with E-state index in [1.165, 1.54) is 33.2 Å². The van der Waals surface area contributed by atoms with Crippen molar-refractivity contribution in [2.75, 3.05) is 21.1 Å². The second kappa shape index (κ2) is 7.63. The van der Waals surface area contributed by atoms with Gasteiger partial charge in [-0.15, -0.1) is 0 Å². The van der Waals surface area contributed by atoms with Gasteiger partial charge in [0.15, 0.2) is 5.69 Å². The van der Waals surface area contributed by atoms with E-state index in [1.807, 2.05) is 38.4 Å². The van der Waals surface area contributed by atoms with Crippen LogP contribution in [0.5, 0.6) is 0 Å². The molecule has 148 valence electrons. The number of carbonyl (C=O) groups is 1. The third kappa shape index (κ3) is 4.51. The maximum Gasteiger partial charge on any atom is 0.434 e. The minimum atomic E-state index is -4.52. The highest BCUT2D eigenvalue weighted by molar-refractivity contribution is 5.94. The van der Waals surface area contributed by atoms with Crippen LogP contribution in [0, 0.1) is 0 Å². The van der Waals surface area contributed by atoms with E-state index in [-0.39, 0.29) is 11.6 Å². The minimum Gasteiger partial charge on any atom is -0.337 e. The molecule has 3 rings (SSSR count). The molecule has 0 spiro atoms. The van der Waals surface area contributed by atoms with Gasteiger partial charge in [-0.1, -0.05) is 24.3 Å². The maximum absolute atomic E-state index is 12.8. The van der Waals surface area contributed by atoms with Gasteiger partial charge in [0.1, 0.15) is 5.65 Å². The van der Waals surface area contributed by atoms with Crippen molar-refractivity contribution in [3.8, 4) is 0 Å². The van der Waals surface area contributed by atoms with E-state index in [1.54, 1.807) is 7.05 Å². The van der Waals surface area contributed by atoms with Crippen molar-refractivity contribution in [3.05, 3.63) is 71.2 Å². The first-order chi connectivity index (χ1) is 13.1. The van der Waals surface area contributed by atoms with E-state index in [4.69, 9.17) is 0 Å². The Hall–Kier alpha value is -2.87. The number of fused-ring (bicyclic) bond motifs is 1. The number of aromatic nitrogens is 2. The lowest BCUT2D eigenvalue weighted by atomic mass is 10.1. The van der Waals surface area contributed by atoms with Crippen molar-refractivity contribution in [1.29, 1.82) is 0 Å². The fourth-order valence-electron chi connectivity index (χ4n) is 2.93. The Bertz CT molecular complexity index is 977. The molecule has 2 aromatic heterocycles. The highest BCUT2D eigenvalue weighted by Gasteiger charge is 2.34. The minimum absolute atomic E-state index is 0.0830. The van der Waals surface area contributed by atoms with Gasteiger partial charge in [0, 0.05) is 38.1 Å². The zero-order chi connectivity index (χ0) is 20.5. The molecule has 0 aliphatic rings. The molecule has 8 heteroatoms. The quantitative estimate of drug-likeness (QED) is 0.667. The molecule has 2 heterocycles. The van der Waals surface area contributed by atoms with Crippen LogP contribution >= 0.6 is 0 Å². The molecule has 0 aliphatic carbocycles. The molecule has 0 radical (unpaired) electrons. The van der Waals surface area contributed by atoms with Crippen molar-refractivity contribution < 1.29 is 18.0 Å². The lowest BCUT2D eigenvalue weighted by Crippen LogP contribution is -2.26. The molecule has 0 aliphatic heterocycles. The number of halogens is 3. The SMILES string of the molecule is CN(C)Cc1ccc(CN(C)C(=O)c2ccn3cc(C(F)(F)F)nc3c2)cc1. The molecule has 0 unspecified atom stereocenters. The summed E-state index contributed by atoms with van der Waals surface area (Å²) >= 11 is 0. The van der Waals surface area contributed by atoms with E-state index in [9.17, 15) is 18.0 Å². The van der Waals surface area contributed by atoms with Crippen LogP contribution in [0.4, 0.5) is 13.2 Å². The maximum atomic E-state index is 12.8. The fraction of sp³-hybridized carbons (Fsp3) is 0.300. The number of rotatable bonds is 5. The first-order valence-corrected chi connectivity index (χ1v) is 8.67. The summed E-state index contributed by atoms with van der Waals surface area (Å²) in [6, 6.07) is 10.8. The summed E-state index contributed by atoms with van der Waals surface area (Å²) in [6.45, 7) is 1.23. The van der Waals surface area contributed by atoms with Crippen LogP contribution in [0.15, 0.2) is 48.8 Å². The van der Waals surface area contributed by atoms with Gasteiger partial charge in [-0.25, -0.2) is 4.98 Å². The Labute approximate surface area is 161 Å². The number of nitrogens with zero attached hydrogens (tertiary/aromatic N) is 4. The summed E-state index contributed by atoms with van der Waals surface area (Å²) in [5.74, 6) is -0.281. The van der Waals surface area contributed by atoms with E-state index in [0.717, 1.165) is 18.3 Å². The molecule has 3 aromatic rings. The molecule has 0 saturated carbocycles. The summed E-state index contributed by atoms with van der Waals surface area (Å²) in [5, 5.41) is 0. The molecular weight excluding hydrogens is 369 g/mol. The zero-order valence-corrected chi connectivity index (χ0v) is 15.9. The Morgan fingerprint density at radius 3 is 2.21 bits per heavy atom. The summed E-state index contributed by atoms with van der Waals surface area (Å²) in [4.78, 5) is 19.8. The van der Waals surface area contributed by atoms with Crippen LogP contribution in [-0.4, -0.2) is 46.2 Å². The summed E-state index contributed by atoms with van der Waals surface area (Å²) in [7, 11) is 5.65. The monoisotopic (exact) mass is 390 g/mol. The van der Waals surface area contributed by atoms with E-state index in [0.29, 0.717) is 12.1 Å². The normalized spacial score (nSPS) is 12.0. The van der Waals surface area contributed by atoms with Crippen molar-refractivity contribution in [2.24, 2.45) is 0 Å². The number of alkyl halides is 3. The lowest BCUT2D eigenvalue weighted by molar-refractivity contribution is -0.140. The number of hydrogen-bond donors (Lipinski definition) is 0. The van der Waals surface area contributed by atoms with Crippen LogP contribution < -0.4 is 0 Å². The summed E-state index contributed by atoms with van der Waals surface area (Å²) in [5.41, 5.74) is 1.54. The van der Waals surface area contributed by atoms with Crippen LogP contribution in [0.1, 0.15) is 27.2 Å². The second-order valence-electron chi connectivity index (χ2n) is 7.02. The Kier molecular flexibility index (Phi) is 5.42. The molecule has 1 aromatic carbocycles. The largest absolute Gasteiger partial charge is 0.434 e. The zero-order valence-electron chi connectivity index (χ0n) is 15.9. The first-order valence-electron chi connectivity index (χ1n) is 8.67. The highest BCUT2D eigenvalue weighted by Crippen LogP contribution is 2.28. The van der Waals surface area contributed by atoms with Crippen molar-refractivity contribution in [2.45, 2.75) is 19.3 Å². The van der Waals surface area contributed by atoms with Gasteiger partial charge in [-0.3, -0.25) is 4.79 Å². The standard InChI is InChI=1S/C20H21F3N4O/c1-25(2)11-14-4-6-15(7-5-14)12-26(3)19(28)16-8-9-27-13-17(20(21,22)23)24-18(27)10-16/h4-10,13H,11-12H2,1-3H3. The molecule has 0 saturated heterocycles. The molecule has 0 fully saturated rings. The van der Waals surface area contributed by atoms with Gasteiger partial charge in [0.25, 0.3) is 5.91 Å². The second-order valence-corrected chi connectivity index (χ2v) is 7.02. The third-order valence-electron chi connectivity index (χ3n) is 4.29. The number of benzene rings is 1. The number of imidazole rings is 1. The van der Waals surface area contributed by atoms with Gasteiger partial charge < -0.3 is 14.2 Å². The number of amides is 1. The molecule has 1 amide bonds. The van der Waals surface area contributed by atoms with Crippen LogP contribution in [0.3, 0.4) is 0 Å². The van der Waals surface area contributed by atoms with Crippen LogP contribution in [0.2, 0.25) is 0 Å². The Balaban J connectivity index is 1.73. The smallest absolute Gasteiger partial charge is 0.337 e. The predicted octanol–water partition coefficient (Wildman–Crippen LogP) is 3.69. The van der Waals surface area contributed by atoms with Crippen LogP contribution in [-0.2, 0) is 19.3 Å². The van der Waals surface area contributed by atoms with Crippen molar-refractivity contribution in [1.82, 2.24) is 19.2 Å². The molecule has 5 nitrogen and oxygen atoms in total. The Morgan fingerprint density at radius 1 is 1.04 bits per heavy atom. The predicted molar refractivity (Wildman–Crippen MR) is 99.8 cm³/mol. The molecule has 28 heavy (non-hydrogen) atoms. The average Bonchev–Trinajstić information content (AvgIpc) is 3.06. The van der Waals surface area contributed by atoms with Crippen molar-refractivity contribution in [3.63, 3.8) is 0 Å². The van der Waals surface area contributed by atoms with Gasteiger partial charge in [-0.2, -0.15) is 13.2 Å². The van der Waals surface area contributed by atoms with E-state index >= 15 is 0 Å². The number of hydrogen-bond acceptors (Lipinski definition) is 3. The van der Waals surface area contributed by atoms with Gasteiger partial charge in [0.05, 0.1) is 0 Å². The highest BCUT2D eigenvalue weighted by atomic mass is 19.4. The van der Waals surface area contributed by atoms with Crippen molar-refractivity contribution >= 4 is 11.6 Å². The molecule has 0 atom stereocenters. The topological polar surface area (TPSA) is 40.9 Å². The third-order valence-corrected chi connectivity index (χ3v) is 4.29. The lowest BCUT2D eigenvalue weighted by Gasteiger charge is -2.18. The van der Waals surface area contributed by atoms with E-state index in [2.05, 4.69) is 9.88 Å².